The van der Waals surface area contributed by atoms with Crippen molar-refractivity contribution in [2.24, 2.45) is 11.0 Å². The molecular formula is C25H31N3O5. The number of methoxy groups -OCH3 is 3. The molecule has 1 aliphatic rings. The fourth-order valence-corrected chi connectivity index (χ4v) is 3.81. The van der Waals surface area contributed by atoms with E-state index in [1.807, 2.05) is 56.3 Å². The monoisotopic (exact) mass is 453 g/mol. The quantitative estimate of drug-likeness (QED) is 0.611. The maximum Gasteiger partial charge on any atom is 0.262 e. The summed E-state index contributed by atoms with van der Waals surface area (Å²) in [6.07, 6.45) is 0.523. The van der Waals surface area contributed by atoms with Crippen LogP contribution in [0.15, 0.2) is 47.6 Å². The van der Waals surface area contributed by atoms with Crippen LogP contribution in [0.4, 0.5) is 0 Å². The lowest BCUT2D eigenvalue weighted by Gasteiger charge is -2.26. The Morgan fingerprint density at radius 3 is 2.27 bits per heavy atom. The maximum atomic E-state index is 13.3. The van der Waals surface area contributed by atoms with Crippen LogP contribution in [-0.2, 0) is 9.59 Å². The Morgan fingerprint density at radius 1 is 1.03 bits per heavy atom. The van der Waals surface area contributed by atoms with Crippen LogP contribution in [0.3, 0.4) is 0 Å². The van der Waals surface area contributed by atoms with Crippen LogP contribution in [0.1, 0.15) is 37.4 Å². The number of carbonyl (C=O) groups is 2. The van der Waals surface area contributed by atoms with Crippen molar-refractivity contribution in [3.8, 4) is 17.2 Å². The smallest absolute Gasteiger partial charge is 0.262 e. The Kier molecular flexibility index (Phi) is 7.58. The molecule has 0 radical (unpaired) electrons. The molecule has 8 heteroatoms. The Morgan fingerprint density at radius 2 is 1.70 bits per heavy atom. The van der Waals surface area contributed by atoms with Gasteiger partial charge in [-0.25, -0.2) is 5.01 Å². The standard InChI is InChI=1S/C25H31N3O5/c1-16(2)25(30)27(3)15-24(29)28-21(18-9-12-22(32-5)23(13-18)33-6)14-20(26-28)17-7-10-19(31-4)11-8-17/h7-13,16,21H,14-15H2,1-6H3. The normalized spacial score (nSPS) is 15.3. The maximum absolute atomic E-state index is 13.3. The lowest BCUT2D eigenvalue weighted by molar-refractivity contribution is -0.142. The molecule has 0 saturated heterocycles. The van der Waals surface area contributed by atoms with E-state index >= 15 is 0 Å². The molecule has 0 aliphatic carbocycles. The molecule has 0 fully saturated rings. The second kappa shape index (κ2) is 10.4. The van der Waals surface area contributed by atoms with Crippen molar-refractivity contribution in [1.82, 2.24) is 9.91 Å². The molecule has 2 amide bonds. The summed E-state index contributed by atoms with van der Waals surface area (Å²) in [6, 6.07) is 12.8. The molecule has 2 aromatic carbocycles. The van der Waals surface area contributed by atoms with Crippen molar-refractivity contribution < 1.29 is 23.8 Å². The highest BCUT2D eigenvalue weighted by molar-refractivity contribution is 6.03. The predicted octanol–water partition coefficient (Wildman–Crippen LogP) is 3.50. The highest BCUT2D eigenvalue weighted by Crippen LogP contribution is 2.37. The molecule has 0 N–H and O–H groups in total. The van der Waals surface area contributed by atoms with Gasteiger partial charge in [-0.3, -0.25) is 9.59 Å². The van der Waals surface area contributed by atoms with E-state index in [0.717, 1.165) is 22.6 Å². The highest BCUT2D eigenvalue weighted by Gasteiger charge is 2.34. The molecule has 8 nitrogen and oxygen atoms in total. The summed E-state index contributed by atoms with van der Waals surface area (Å²) >= 11 is 0. The molecule has 1 heterocycles. The van der Waals surface area contributed by atoms with Gasteiger partial charge in [0, 0.05) is 19.4 Å². The number of likely N-dealkylation sites (N-methyl/N-ethyl adjacent to an activating group) is 1. The fraction of sp³-hybridized carbons (Fsp3) is 0.400. The van der Waals surface area contributed by atoms with Gasteiger partial charge >= 0.3 is 0 Å². The third-order valence-corrected chi connectivity index (χ3v) is 5.62. The van der Waals surface area contributed by atoms with E-state index in [1.165, 1.54) is 9.91 Å². The van der Waals surface area contributed by atoms with Crippen molar-refractivity contribution in [2.45, 2.75) is 26.3 Å². The van der Waals surface area contributed by atoms with E-state index < -0.39 is 0 Å². The summed E-state index contributed by atoms with van der Waals surface area (Å²) in [5.74, 6) is 1.39. The van der Waals surface area contributed by atoms with Gasteiger partial charge < -0.3 is 19.1 Å². The number of hydrogen-bond donors (Lipinski definition) is 0. The van der Waals surface area contributed by atoms with E-state index in [-0.39, 0.29) is 30.3 Å². The summed E-state index contributed by atoms with van der Waals surface area (Å²) < 4.78 is 16.1. The Labute approximate surface area is 194 Å². The minimum atomic E-state index is -0.336. The number of benzene rings is 2. The average Bonchev–Trinajstić information content (AvgIpc) is 3.28. The second-order valence-corrected chi connectivity index (χ2v) is 8.20. The van der Waals surface area contributed by atoms with Gasteiger partial charge in [-0.05, 0) is 47.5 Å². The predicted molar refractivity (Wildman–Crippen MR) is 126 cm³/mol. The van der Waals surface area contributed by atoms with Gasteiger partial charge in [-0.15, -0.1) is 0 Å². The van der Waals surface area contributed by atoms with Crippen molar-refractivity contribution in [1.29, 1.82) is 0 Å². The molecular weight excluding hydrogens is 422 g/mol. The first-order valence-electron chi connectivity index (χ1n) is 10.8. The van der Waals surface area contributed by atoms with Gasteiger partial charge in [0.1, 0.15) is 12.3 Å². The average molecular weight is 454 g/mol. The highest BCUT2D eigenvalue weighted by atomic mass is 16.5. The second-order valence-electron chi connectivity index (χ2n) is 8.20. The Bertz CT molecular complexity index is 1030. The largest absolute Gasteiger partial charge is 0.497 e. The zero-order valence-electron chi connectivity index (χ0n) is 20.0. The van der Waals surface area contributed by atoms with Crippen LogP contribution in [0.2, 0.25) is 0 Å². The molecule has 33 heavy (non-hydrogen) atoms. The van der Waals surface area contributed by atoms with Crippen LogP contribution in [0.25, 0.3) is 0 Å². The molecule has 1 unspecified atom stereocenters. The minimum Gasteiger partial charge on any atom is -0.497 e. The van der Waals surface area contributed by atoms with E-state index in [1.54, 1.807) is 28.4 Å². The van der Waals surface area contributed by atoms with E-state index in [9.17, 15) is 9.59 Å². The zero-order valence-corrected chi connectivity index (χ0v) is 20.0. The lowest BCUT2D eigenvalue weighted by Crippen LogP contribution is -2.40. The number of ether oxygens (including phenoxy) is 3. The Hall–Kier alpha value is -3.55. The SMILES string of the molecule is COc1ccc(C2=NN(C(=O)CN(C)C(=O)C(C)C)C(c3ccc(OC)c(OC)c3)C2)cc1. The van der Waals surface area contributed by atoms with Crippen molar-refractivity contribution >= 4 is 17.5 Å². The summed E-state index contributed by atoms with van der Waals surface area (Å²) in [7, 11) is 6.40. The number of hydrogen-bond acceptors (Lipinski definition) is 6. The van der Waals surface area contributed by atoms with Gasteiger partial charge in [0.25, 0.3) is 5.91 Å². The first-order valence-corrected chi connectivity index (χ1v) is 10.8. The van der Waals surface area contributed by atoms with Crippen molar-refractivity contribution in [3.63, 3.8) is 0 Å². The molecule has 0 saturated carbocycles. The molecule has 0 spiro atoms. The first-order chi connectivity index (χ1) is 15.8. The van der Waals surface area contributed by atoms with Crippen LogP contribution in [0.5, 0.6) is 17.2 Å². The number of nitrogens with zero attached hydrogens (tertiary/aromatic N) is 3. The van der Waals surface area contributed by atoms with Gasteiger partial charge in [0.2, 0.25) is 5.91 Å². The molecule has 3 rings (SSSR count). The van der Waals surface area contributed by atoms with E-state index in [2.05, 4.69) is 5.10 Å². The van der Waals surface area contributed by atoms with Crippen molar-refractivity contribution in [3.05, 3.63) is 53.6 Å². The fourth-order valence-electron chi connectivity index (χ4n) is 3.81. The first kappa shape index (κ1) is 24.1. The number of carbonyl (C=O) groups excluding carboxylic acids is 2. The van der Waals surface area contributed by atoms with Gasteiger partial charge in [-0.2, -0.15) is 5.10 Å². The molecule has 0 aromatic heterocycles. The zero-order chi connectivity index (χ0) is 24.1. The third-order valence-electron chi connectivity index (χ3n) is 5.62. The summed E-state index contributed by atoms with van der Waals surface area (Å²) in [4.78, 5) is 27.0. The van der Waals surface area contributed by atoms with Crippen LogP contribution in [0, 0.1) is 5.92 Å². The number of hydrazone groups is 1. The van der Waals surface area contributed by atoms with Crippen LogP contribution in [-0.4, -0.2) is 62.4 Å². The van der Waals surface area contributed by atoms with Gasteiger partial charge in [-0.1, -0.05) is 19.9 Å². The minimum absolute atomic E-state index is 0.0554. The van der Waals surface area contributed by atoms with Crippen LogP contribution >= 0.6 is 0 Å². The molecule has 1 atom stereocenters. The summed E-state index contributed by atoms with van der Waals surface area (Å²) in [5.41, 5.74) is 2.55. The number of rotatable bonds is 8. The molecule has 2 aromatic rings. The topological polar surface area (TPSA) is 80.7 Å². The lowest BCUT2D eigenvalue weighted by atomic mass is 9.98. The molecule has 1 aliphatic heterocycles. The summed E-state index contributed by atoms with van der Waals surface area (Å²) in [5, 5.41) is 6.15. The van der Waals surface area contributed by atoms with E-state index in [4.69, 9.17) is 14.2 Å². The molecule has 0 bridgehead atoms. The van der Waals surface area contributed by atoms with Gasteiger partial charge in [0.15, 0.2) is 11.5 Å². The van der Waals surface area contributed by atoms with Crippen molar-refractivity contribution in [2.75, 3.05) is 34.9 Å². The van der Waals surface area contributed by atoms with Crippen LogP contribution < -0.4 is 14.2 Å². The van der Waals surface area contributed by atoms with E-state index in [0.29, 0.717) is 17.9 Å². The Balaban J connectivity index is 1.94. The molecule has 176 valence electrons. The van der Waals surface area contributed by atoms with Gasteiger partial charge in [0.05, 0.1) is 33.1 Å². The third kappa shape index (κ3) is 5.27. The summed E-state index contributed by atoms with van der Waals surface area (Å²) in [6.45, 7) is 3.57. The number of amides is 2.